The number of carbonyl (C=O) groups is 2. The molecule has 7 nitrogen and oxygen atoms in total. The fourth-order valence-corrected chi connectivity index (χ4v) is 2.46. The summed E-state index contributed by atoms with van der Waals surface area (Å²) < 4.78 is 4.57. The van der Waals surface area contributed by atoms with Crippen LogP contribution in [0.5, 0.6) is 0 Å². The van der Waals surface area contributed by atoms with Gasteiger partial charge in [-0.2, -0.15) is 0 Å². The summed E-state index contributed by atoms with van der Waals surface area (Å²) in [4.78, 5) is 33.4. The average molecular weight is 258 g/mol. The molecule has 1 atom stereocenters. The molecule has 1 amide bonds. The molecule has 0 radical (unpaired) electrons. The highest BCUT2D eigenvalue weighted by Gasteiger charge is 2.48. The van der Waals surface area contributed by atoms with Crippen LogP contribution < -0.4 is 5.32 Å². The van der Waals surface area contributed by atoms with Gasteiger partial charge in [-0.3, -0.25) is 14.9 Å². The molecule has 1 unspecified atom stereocenters. The molecule has 18 heavy (non-hydrogen) atoms. The van der Waals surface area contributed by atoms with E-state index in [4.69, 9.17) is 0 Å². The minimum absolute atomic E-state index is 0.00769. The van der Waals surface area contributed by atoms with E-state index in [1.54, 1.807) is 0 Å². The molecule has 0 saturated heterocycles. The van der Waals surface area contributed by atoms with E-state index < -0.39 is 23.5 Å². The second-order valence-electron chi connectivity index (χ2n) is 4.67. The summed E-state index contributed by atoms with van der Waals surface area (Å²) >= 11 is 0. The third-order valence-electron chi connectivity index (χ3n) is 3.37. The molecule has 0 aromatic rings. The van der Waals surface area contributed by atoms with Crippen LogP contribution >= 0.6 is 0 Å². The lowest BCUT2D eigenvalue weighted by Crippen LogP contribution is -2.48. The van der Waals surface area contributed by atoms with Crippen LogP contribution in [0.1, 0.15) is 39.0 Å². The standard InChI is InChI=1S/C11H18N2O5/c1-8(14)12-9(10(15)18-2)7-11(13(16)17)5-3-4-6-11/h9H,3-7H2,1-2H3,(H,12,14). The number of ether oxygens (including phenoxy) is 1. The highest BCUT2D eigenvalue weighted by Crippen LogP contribution is 2.36. The van der Waals surface area contributed by atoms with Crippen molar-refractivity contribution in [3.63, 3.8) is 0 Å². The van der Waals surface area contributed by atoms with E-state index in [1.807, 2.05) is 0 Å². The summed E-state index contributed by atoms with van der Waals surface area (Å²) in [6, 6.07) is -0.948. The molecule has 1 rings (SSSR count). The molecule has 1 N–H and O–H groups in total. The van der Waals surface area contributed by atoms with Crippen LogP contribution in [0.25, 0.3) is 0 Å². The second kappa shape index (κ2) is 5.79. The van der Waals surface area contributed by atoms with Gasteiger partial charge in [0.15, 0.2) is 0 Å². The van der Waals surface area contributed by atoms with Gasteiger partial charge in [-0.15, -0.1) is 0 Å². The lowest BCUT2D eigenvalue weighted by Gasteiger charge is -2.24. The highest BCUT2D eigenvalue weighted by molar-refractivity contribution is 5.83. The van der Waals surface area contributed by atoms with Crippen LogP contribution in [0.3, 0.4) is 0 Å². The molecular weight excluding hydrogens is 240 g/mol. The molecule has 0 spiro atoms. The summed E-state index contributed by atoms with van der Waals surface area (Å²) in [6.07, 6.45) is 2.41. The number of nitro groups is 1. The predicted molar refractivity (Wildman–Crippen MR) is 62.4 cm³/mol. The first kappa shape index (κ1) is 14.4. The number of hydrogen-bond donors (Lipinski definition) is 1. The van der Waals surface area contributed by atoms with Gasteiger partial charge < -0.3 is 10.1 Å². The summed E-state index contributed by atoms with van der Waals surface area (Å²) in [5.41, 5.74) is -1.11. The Bertz CT molecular complexity index is 349. The van der Waals surface area contributed by atoms with Crippen molar-refractivity contribution >= 4 is 11.9 Å². The smallest absolute Gasteiger partial charge is 0.328 e. The molecule has 7 heteroatoms. The Kier molecular flexibility index (Phi) is 4.63. The van der Waals surface area contributed by atoms with E-state index in [9.17, 15) is 19.7 Å². The third-order valence-corrected chi connectivity index (χ3v) is 3.37. The summed E-state index contributed by atoms with van der Waals surface area (Å²) in [7, 11) is 1.20. The van der Waals surface area contributed by atoms with E-state index in [-0.39, 0.29) is 11.3 Å². The number of rotatable bonds is 5. The molecule has 1 aliphatic carbocycles. The minimum atomic E-state index is -1.11. The Hall–Kier alpha value is -1.66. The van der Waals surface area contributed by atoms with Crippen molar-refractivity contribution in [1.29, 1.82) is 0 Å². The van der Waals surface area contributed by atoms with E-state index in [2.05, 4.69) is 10.1 Å². The number of hydrogen-bond acceptors (Lipinski definition) is 5. The van der Waals surface area contributed by atoms with Crippen molar-refractivity contribution in [2.75, 3.05) is 7.11 Å². The molecule has 0 aromatic heterocycles. The number of carbonyl (C=O) groups excluding carboxylic acids is 2. The molecule has 0 bridgehead atoms. The third kappa shape index (κ3) is 3.18. The first-order valence-electron chi connectivity index (χ1n) is 5.91. The summed E-state index contributed by atoms with van der Waals surface area (Å²) in [5, 5.41) is 13.6. The maximum Gasteiger partial charge on any atom is 0.328 e. The van der Waals surface area contributed by atoms with Gasteiger partial charge in [0.05, 0.1) is 7.11 Å². The maximum absolute atomic E-state index is 11.5. The Morgan fingerprint density at radius 1 is 1.44 bits per heavy atom. The van der Waals surface area contributed by atoms with Crippen LogP contribution in [0.2, 0.25) is 0 Å². The summed E-state index contributed by atoms with van der Waals surface area (Å²) in [5.74, 6) is -1.04. The van der Waals surface area contributed by atoms with Crippen molar-refractivity contribution in [2.45, 2.75) is 50.6 Å². The predicted octanol–water partition coefficient (Wildman–Crippen LogP) is 0.644. The van der Waals surface area contributed by atoms with E-state index in [0.717, 1.165) is 12.8 Å². The van der Waals surface area contributed by atoms with Gasteiger partial charge in [-0.1, -0.05) is 0 Å². The van der Waals surface area contributed by atoms with Gasteiger partial charge in [0.2, 0.25) is 11.4 Å². The van der Waals surface area contributed by atoms with Crippen molar-refractivity contribution in [2.24, 2.45) is 0 Å². The molecular formula is C11H18N2O5. The van der Waals surface area contributed by atoms with Crippen LogP contribution in [-0.2, 0) is 14.3 Å². The number of methoxy groups -OCH3 is 1. The zero-order valence-corrected chi connectivity index (χ0v) is 10.6. The first-order chi connectivity index (χ1) is 8.41. The molecule has 102 valence electrons. The average Bonchev–Trinajstić information content (AvgIpc) is 2.76. The number of nitrogens with one attached hydrogen (secondary N) is 1. The molecule has 0 aromatic carbocycles. The number of amides is 1. The molecule has 1 saturated carbocycles. The van der Waals surface area contributed by atoms with Crippen molar-refractivity contribution < 1.29 is 19.2 Å². The molecule has 1 fully saturated rings. The van der Waals surface area contributed by atoms with Crippen molar-refractivity contribution in [3.05, 3.63) is 10.1 Å². The Morgan fingerprint density at radius 3 is 2.39 bits per heavy atom. The first-order valence-corrected chi connectivity index (χ1v) is 5.91. The van der Waals surface area contributed by atoms with Crippen LogP contribution in [0.15, 0.2) is 0 Å². The SMILES string of the molecule is COC(=O)C(CC1([N+](=O)[O-])CCCC1)NC(C)=O. The van der Waals surface area contributed by atoms with E-state index in [0.29, 0.717) is 12.8 Å². The topological polar surface area (TPSA) is 98.5 Å². The minimum Gasteiger partial charge on any atom is -0.467 e. The highest BCUT2D eigenvalue weighted by atomic mass is 16.6. The van der Waals surface area contributed by atoms with E-state index >= 15 is 0 Å². The van der Waals surface area contributed by atoms with Gasteiger partial charge in [-0.05, 0) is 12.8 Å². The van der Waals surface area contributed by atoms with Crippen LogP contribution in [0, 0.1) is 10.1 Å². The maximum atomic E-state index is 11.5. The lowest BCUT2D eigenvalue weighted by atomic mass is 9.90. The number of esters is 1. The normalized spacial score (nSPS) is 19.0. The number of nitrogens with zero attached hydrogens (tertiary/aromatic N) is 1. The van der Waals surface area contributed by atoms with Crippen LogP contribution in [-0.4, -0.2) is 35.5 Å². The fourth-order valence-electron chi connectivity index (χ4n) is 2.46. The van der Waals surface area contributed by atoms with Gasteiger partial charge >= 0.3 is 5.97 Å². The van der Waals surface area contributed by atoms with Gasteiger partial charge in [0, 0.05) is 31.1 Å². The Morgan fingerprint density at radius 2 is 2.00 bits per heavy atom. The van der Waals surface area contributed by atoms with E-state index in [1.165, 1.54) is 14.0 Å². The molecule has 1 aliphatic rings. The fraction of sp³-hybridized carbons (Fsp3) is 0.818. The summed E-state index contributed by atoms with van der Waals surface area (Å²) in [6.45, 7) is 1.27. The largest absolute Gasteiger partial charge is 0.467 e. The second-order valence-corrected chi connectivity index (χ2v) is 4.67. The quantitative estimate of drug-likeness (QED) is 0.443. The Balaban J connectivity index is 2.83. The van der Waals surface area contributed by atoms with Crippen LogP contribution in [0.4, 0.5) is 0 Å². The monoisotopic (exact) mass is 258 g/mol. The zero-order valence-electron chi connectivity index (χ0n) is 10.6. The van der Waals surface area contributed by atoms with Gasteiger partial charge in [0.25, 0.3) is 0 Å². The molecule has 0 aliphatic heterocycles. The molecule has 0 heterocycles. The van der Waals surface area contributed by atoms with Crippen molar-refractivity contribution in [1.82, 2.24) is 5.32 Å². The van der Waals surface area contributed by atoms with Crippen molar-refractivity contribution in [3.8, 4) is 0 Å². The van der Waals surface area contributed by atoms with Gasteiger partial charge in [0.1, 0.15) is 6.04 Å². The zero-order chi connectivity index (χ0) is 13.8. The Labute approximate surface area is 105 Å². The van der Waals surface area contributed by atoms with Gasteiger partial charge in [-0.25, -0.2) is 4.79 Å². The lowest BCUT2D eigenvalue weighted by molar-refractivity contribution is -0.570.